The van der Waals surface area contributed by atoms with Gasteiger partial charge in [0.05, 0.1) is 0 Å². The normalized spacial score (nSPS) is 10.7. The molecule has 26 heavy (non-hydrogen) atoms. The van der Waals surface area contributed by atoms with Crippen molar-refractivity contribution in [2.45, 2.75) is 57.1 Å². The van der Waals surface area contributed by atoms with Crippen molar-refractivity contribution in [2.24, 2.45) is 0 Å². The highest BCUT2D eigenvalue weighted by atomic mass is 32.2. The van der Waals surface area contributed by atoms with Gasteiger partial charge in [-0.3, -0.25) is 0 Å². The average molecular weight is 373 g/mol. The monoisotopic (exact) mass is 372 g/mol. The van der Waals surface area contributed by atoms with E-state index in [2.05, 4.69) is 32.0 Å². The highest BCUT2D eigenvalue weighted by molar-refractivity contribution is 7.98. The Morgan fingerprint density at radius 2 is 1.88 bits per heavy atom. The Balaban J connectivity index is 1.92. The summed E-state index contributed by atoms with van der Waals surface area (Å²) in [6, 6.07) is 12.7. The van der Waals surface area contributed by atoms with E-state index < -0.39 is 5.97 Å². The van der Waals surface area contributed by atoms with Crippen LogP contribution in [0, 0.1) is 13.8 Å². The van der Waals surface area contributed by atoms with Crippen LogP contribution in [-0.4, -0.2) is 17.7 Å². The number of thioether (sulfide) groups is 1. The van der Waals surface area contributed by atoms with Crippen molar-refractivity contribution in [1.82, 2.24) is 0 Å². The molecule has 0 aromatic heterocycles. The quantitative estimate of drug-likeness (QED) is 0.423. The van der Waals surface area contributed by atoms with Gasteiger partial charge in [0.1, 0.15) is 5.75 Å². The van der Waals surface area contributed by atoms with Crippen LogP contribution in [0.25, 0.3) is 0 Å². The minimum absolute atomic E-state index is 0.308. The lowest BCUT2D eigenvalue weighted by atomic mass is 10.0. The van der Waals surface area contributed by atoms with E-state index in [1.165, 1.54) is 42.4 Å². The van der Waals surface area contributed by atoms with Crippen LogP contribution in [0.2, 0.25) is 0 Å². The van der Waals surface area contributed by atoms with E-state index in [0.717, 1.165) is 16.2 Å². The van der Waals surface area contributed by atoms with Gasteiger partial charge >= 0.3 is 5.97 Å². The van der Waals surface area contributed by atoms with E-state index in [-0.39, 0.29) is 6.61 Å². The molecule has 1 N–H and O–H groups in total. The fourth-order valence-electron chi connectivity index (χ4n) is 2.87. The number of aliphatic carboxylic acids is 1. The number of aryl methyl sites for hydroxylation is 3. The first-order valence-electron chi connectivity index (χ1n) is 9.16. The Morgan fingerprint density at radius 1 is 1.08 bits per heavy atom. The number of hydrogen-bond acceptors (Lipinski definition) is 3. The van der Waals surface area contributed by atoms with Crippen molar-refractivity contribution in [3.63, 3.8) is 0 Å². The Hall–Kier alpha value is -1.94. The number of carboxylic acids is 1. The molecule has 2 aromatic rings. The van der Waals surface area contributed by atoms with Gasteiger partial charge in [-0.25, -0.2) is 4.79 Å². The van der Waals surface area contributed by atoms with Gasteiger partial charge in [0, 0.05) is 10.6 Å². The fourth-order valence-corrected chi connectivity index (χ4v) is 3.81. The first kappa shape index (κ1) is 20.4. The molecule has 0 atom stereocenters. The van der Waals surface area contributed by atoms with E-state index >= 15 is 0 Å². The molecule has 0 unspecified atom stereocenters. The van der Waals surface area contributed by atoms with Gasteiger partial charge in [-0.1, -0.05) is 38.0 Å². The third-order valence-corrected chi connectivity index (χ3v) is 5.42. The lowest BCUT2D eigenvalue weighted by Crippen LogP contribution is -2.09. The third-order valence-electron chi connectivity index (χ3n) is 4.36. The van der Waals surface area contributed by atoms with E-state index in [1.54, 1.807) is 11.8 Å². The molecule has 0 bridgehead atoms. The molecule has 4 heteroatoms. The minimum Gasteiger partial charge on any atom is -0.482 e. The van der Waals surface area contributed by atoms with Crippen LogP contribution in [-0.2, 0) is 17.0 Å². The molecule has 0 aliphatic rings. The Labute approximate surface area is 160 Å². The van der Waals surface area contributed by atoms with Gasteiger partial charge in [-0.05, 0) is 67.1 Å². The van der Waals surface area contributed by atoms with Gasteiger partial charge in [0.15, 0.2) is 6.61 Å². The third kappa shape index (κ3) is 6.41. The van der Waals surface area contributed by atoms with Crippen molar-refractivity contribution < 1.29 is 14.6 Å². The minimum atomic E-state index is -0.962. The van der Waals surface area contributed by atoms with Crippen LogP contribution >= 0.6 is 11.8 Å². The van der Waals surface area contributed by atoms with Gasteiger partial charge in [0.25, 0.3) is 0 Å². The zero-order chi connectivity index (χ0) is 18.9. The topological polar surface area (TPSA) is 46.5 Å². The summed E-state index contributed by atoms with van der Waals surface area (Å²) in [6.07, 6.45) is 4.99. The second kappa shape index (κ2) is 10.3. The molecular formula is C22H28O3S. The summed E-state index contributed by atoms with van der Waals surface area (Å²) >= 11 is 1.78. The smallest absolute Gasteiger partial charge is 0.341 e. The molecule has 140 valence electrons. The maximum absolute atomic E-state index is 10.6. The number of hydrogen-bond donors (Lipinski definition) is 1. The molecule has 2 aromatic carbocycles. The van der Waals surface area contributed by atoms with E-state index in [4.69, 9.17) is 9.84 Å². The van der Waals surface area contributed by atoms with Gasteiger partial charge in [-0.2, -0.15) is 0 Å². The van der Waals surface area contributed by atoms with E-state index in [0.29, 0.717) is 5.75 Å². The highest BCUT2D eigenvalue weighted by Gasteiger charge is 2.06. The van der Waals surface area contributed by atoms with Crippen LogP contribution in [0.5, 0.6) is 5.75 Å². The van der Waals surface area contributed by atoms with Crippen LogP contribution < -0.4 is 4.74 Å². The van der Waals surface area contributed by atoms with Gasteiger partial charge in [0.2, 0.25) is 0 Å². The van der Waals surface area contributed by atoms with Crippen LogP contribution in [0.3, 0.4) is 0 Å². The van der Waals surface area contributed by atoms with Crippen molar-refractivity contribution in [3.05, 3.63) is 58.7 Å². The standard InChI is InChI=1S/C22H28O3S/c1-4-5-6-7-19-9-8-18(12-16(19)2)15-26-20-10-11-21(17(3)13-20)25-14-22(23)24/h8-13H,4-7,14-15H2,1-3H3,(H,23,24). The lowest BCUT2D eigenvalue weighted by molar-refractivity contribution is -0.139. The molecule has 0 aliphatic carbocycles. The molecule has 0 fully saturated rings. The molecule has 0 aliphatic heterocycles. The van der Waals surface area contributed by atoms with Gasteiger partial charge < -0.3 is 9.84 Å². The first-order valence-corrected chi connectivity index (χ1v) is 10.1. The number of benzene rings is 2. The van der Waals surface area contributed by atoms with Crippen molar-refractivity contribution >= 4 is 17.7 Å². The molecule has 0 saturated carbocycles. The maximum Gasteiger partial charge on any atom is 0.341 e. The predicted molar refractivity (Wildman–Crippen MR) is 108 cm³/mol. The summed E-state index contributed by atoms with van der Waals surface area (Å²) in [5, 5.41) is 8.70. The number of carbonyl (C=O) groups is 1. The van der Waals surface area contributed by atoms with Crippen molar-refractivity contribution in [1.29, 1.82) is 0 Å². The zero-order valence-electron chi connectivity index (χ0n) is 15.9. The maximum atomic E-state index is 10.6. The summed E-state index contributed by atoms with van der Waals surface area (Å²) < 4.78 is 5.28. The molecule has 0 amide bonds. The summed E-state index contributed by atoms with van der Waals surface area (Å²) in [5.74, 6) is 0.589. The molecule has 3 nitrogen and oxygen atoms in total. The molecular weight excluding hydrogens is 344 g/mol. The Morgan fingerprint density at radius 3 is 2.54 bits per heavy atom. The van der Waals surface area contributed by atoms with Crippen LogP contribution in [0.1, 0.15) is 48.4 Å². The SMILES string of the molecule is CCCCCc1ccc(CSc2ccc(OCC(=O)O)c(C)c2)cc1C. The second-order valence-electron chi connectivity index (χ2n) is 6.62. The molecule has 0 saturated heterocycles. The summed E-state index contributed by atoms with van der Waals surface area (Å²) in [7, 11) is 0. The fraction of sp³-hybridized carbons (Fsp3) is 0.409. The van der Waals surface area contributed by atoms with Crippen LogP contribution in [0.4, 0.5) is 0 Å². The average Bonchev–Trinajstić information content (AvgIpc) is 2.61. The summed E-state index contributed by atoms with van der Waals surface area (Å²) in [5.41, 5.74) is 5.13. The highest BCUT2D eigenvalue weighted by Crippen LogP contribution is 2.28. The van der Waals surface area contributed by atoms with E-state index in [1.807, 2.05) is 25.1 Å². The summed E-state index contributed by atoms with van der Waals surface area (Å²) in [6.45, 7) is 6.07. The molecule has 2 rings (SSSR count). The van der Waals surface area contributed by atoms with E-state index in [9.17, 15) is 4.79 Å². The molecule has 0 radical (unpaired) electrons. The second-order valence-corrected chi connectivity index (χ2v) is 7.67. The number of unbranched alkanes of at least 4 members (excludes halogenated alkanes) is 2. The Kier molecular flexibility index (Phi) is 8.05. The summed E-state index contributed by atoms with van der Waals surface area (Å²) in [4.78, 5) is 11.8. The van der Waals surface area contributed by atoms with Crippen LogP contribution in [0.15, 0.2) is 41.3 Å². The van der Waals surface area contributed by atoms with Crippen molar-refractivity contribution in [2.75, 3.05) is 6.61 Å². The zero-order valence-corrected chi connectivity index (χ0v) is 16.7. The number of rotatable bonds is 10. The van der Waals surface area contributed by atoms with Gasteiger partial charge in [-0.15, -0.1) is 11.8 Å². The largest absolute Gasteiger partial charge is 0.482 e. The lowest BCUT2D eigenvalue weighted by Gasteiger charge is -2.10. The number of ether oxygens (including phenoxy) is 1. The Bertz CT molecular complexity index is 740. The number of carboxylic acid groups (broad SMARTS) is 1. The predicted octanol–water partition coefficient (Wildman–Crippen LogP) is 5.79. The van der Waals surface area contributed by atoms with Crippen molar-refractivity contribution in [3.8, 4) is 5.75 Å². The first-order chi connectivity index (χ1) is 12.5. The molecule has 0 heterocycles. The molecule has 0 spiro atoms.